The Morgan fingerprint density at radius 1 is 1.08 bits per heavy atom. The monoisotopic (exact) mass is 501 g/mol. The van der Waals surface area contributed by atoms with Crippen LogP contribution in [0.2, 0.25) is 0 Å². The van der Waals surface area contributed by atoms with E-state index in [4.69, 9.17) is 16.6 Å². The fourth-order valence-electron chi connectivity index (χ4n) is 5.40. The van der Waals surface area contributed by atoms with Crippen LogP contribution in [0.4, 0.5) is 10.6 Å². The standard InChI is InChI=1S/C30H36N4O3/c1-30(2,3)37-29(35)34-14-4-5-27(34)26-17-22(6-7-24(26)21-10-15-36-16-11-21)23-18-25(28(31)33-19-23)20-8-12-32-13-9-20/h6-9,12-13,17-19,21,27H,4-5,10-11,14-16H2,1-3H3,(H2,31,33)/t27-/m0/s1/i12D. The lowest BCUT2D eigenvalue weighted by atomic mass is 9.83. The summed E-state index contributed by atoms with van der Waals surface area (Å²) in [7, 11) is 0. The molecular formula is C30H36N4O3. The van der Waals surface area contributed by atoms with E-state index >= 15 is 0 Å². The second-order valence-electron chi connectivity index (χ2n) is 10.9. The van der Waals surface area contributed by atoms with Crippen molar-refractivity contribution in [1.29, 1.82) is 0 Å². The Morgan fingerprint density at radius 3 is 2.65 bits per heavy atom. The number of nitrogen functional groups attached to an aromatic ring is 1. The van der Waals surface area contributed by atoms with E-state index in [-0.39, 0.29) is 18.3 Å². The summed E-state index contributed by atoms with van der Waals surface area (Å²) in [4.78, 5) is 23.6. The normalized spacial score (nSPS) is 19.1. The molecule has 7 heteroatoms. The third-order valence-corrected chi connectivity index (χ3v) is 7.17. The van der Waals surface area contributed by atoms with Gasteiger partial charge in [0.25, 0.3) is 0 Å². The van der Waals surface area contributed by atoms with Crippen LogP contribution < -0.4 is 5.73 Å². The molecule has 2 aliphatic rings. The van der Waals surface area contributed by atoms with E-state index in [1.165, 1.54) is 11.1 Å². The van der Waals surface area contributed by atoms with Gasteiger partial charge < -0.3 is 20.1 Å². The van der Waals surface area contributed by atoms with Gasteiger partial charge in [0.2, 0.25) is 0 Å². The Balaban J connectivity index is 1.56. The van der Waals surface area contributed by atoms with Crippen LogP contribution in [0.3, 0.4) is 0 Å². The van der Waals surface area contributed by atoms with E-state index < -0.39 is 5.60 Å². The van der Waals surface area contributed by atoms with E-state index in [2.05, 4.69) is 28.2 Å². The molecule has 0 spiro atoms. The van der Waals surface area contributed by atoms with Crippen LogP contribution >= 0.6 is 0 Å². The summed E-state index contributed by atoms with van der Waals surface area (Å²) in [5, 5.41) is 0. The number of carbonyl (C=O) groups excluding carboxylic acids is 1. The topological polar surface area (TPSA) is 90.6 Å². The summed E-state index contributed by atoms with van der Waals surface area (Å²) in [6.45, 7) is 7.90. The summed E-state index contributed by atoms with van der Waals surface area (Å²) < 4.78 is 19.3. The zero-order valence-electron chi connectivity index (χ0n) is 22.9. The fourth-order valence-corrected chi connectivity index (χ4v) is 5.40. The van der Waals surface area contributed by atoms with Crippen LogP contribution in [0.15, 0.2) is 55.0 Å². The molecule has 2 aliphatic heterocycles. The van der Waals surface area contributed by atoms with E-state index in [1.807, 2.05) is 37.8 Å². The van der Waals surface area contributed by atoms with Crippen molar-refractivity contribution in [2.45, 2.75) is 64.0 Å². The molecule has 7 nitrogen and oxygen atoms in total. The number of hydrogen-bond acceptors (Lipinski definition) is 6. The number of benzene rings is 1. The van der Waals surface area contributed by atoms with Crippen molar-refractivity contribution in [3.8, 4) is 22.3 Å². The molecule has 0 unspecified atom stereocenters. The molecule has 0 bridgehead atoms. The summed E-state index contributed by atoms with van der Waals surface area (Å²) >= 11 is 0. The van der Waals surface area contributed by atoms with Gasteiger partial charge in [0, 0.05) is 49.5 Å². The number of hydrogen-bond donors (Lipinski definition) is 1. The minimum atomic E-state index is -0.548. The van der Waals surface area contributed by atoms with E-state index in [0.29, 0.717) is 18.3 Å². The summed E-state index contributed by atoms with van der Waals surface area (Å²) in [6.07, 6.45) is 7.08. The number of aromatic nitrogens is 2. The predicted molar refractivity (Wildman–Crippen MR) is 145 cm³/mol. The van der Waals surface area contributed by atoms with Crippen LogP contribution in [0.1, 0.15) is 70.9 Å². The maximum atomic E-state index is 13.2. The van der Waals surface area contributed by atoms with Gasteiger partial charge in [0.15, 0.2) is 0 Å². The smallest absolute Gasteiger partial charge is 0.410 e. The molecule has 1 aromatic carbocycles. The number of rotatable bonds is 4. The van der Waals surface area contributed by atoms with Crippen molar-refractivity contribution >= 4 is 11.9 Å². The van der Waals surface area contributed by atoms with E-state index in [0.717, 1.165) is 61.2 Å². The maximum Gasteiger partial charge on any atom is 0.410 e. The molecular weight excluding hydrogens is 464 g/mol. The SMILES string of the molecule is [2H]c1cc(-c2cc(-c3ccc(C4CCOCC4)c([C@@H]4CCCN4C(=O)OC(C)(C)C)c3)cnc2N)ccn1. The summed E-state index contributed by atoms with van der Waals surface area (Å²) in [5.41, 5.74) is 11.7. The van der Waals surface area contributed by atoms with Gasteiger partial charge in [-0.05, 0) is 98.9 Å². The first-order valence-electron chi connectivity index (χ1n) is 13.6. The van der Waals surface area contributed by atoms with Gasteiger partial charge in [0.05, 0.1) is 7.41 Å². The van der Waals surface area contributed by atoms with Gasteiger partial charge in [-0.25, -0.2) is 9.78 Å². The largest absolute Gasteiger partial charge is 0.444 e. The van der Waals surface area contributed by atoms with Crippen LogP contribution in [0.5, 0.6) is 0 Å². The highest BCUT2D eigenvalue weighted by Crippen LogP contribution is 2.42. The van der Waals surface area contributed by atoms with Gasteiger partial charge in [-0.2, -0.15) is 0 Å². The average Bonchev–Trinajstić information content (AvgIpc) is 3.38. The molecule has 0 radical (unpaired) electrons. The van der Waals surface area contributed by atoms with Gasteiger partial charge in [-0.1, -0.05) is 12.1 Å². The molecule has 3 aromatic rings. The average molecular weight is 502 g/mol. The molecule has 2 aromatic heterocycles. The lowest BCUT2D eigenvalue weighted by Crippen LogP contribution is -2.36. The highest BCUT2D eigenvalue weighted by molar-refractivity contribution is 5.79. The number of anilines is 1. The first-order chi connectivity index (χ1) is 18.2. The van der Waals surface area contributed by atoms with Crippen molar-refractivity contribution in [2.24, 2.45) is 0 Å². The zero-order valence-corrected chi connectivity index (χ0v) is 21.9. The number of nitrogens with two attached hydrogens (primary N) is 1. The second kappa shape index (κ2) is 10.5. The minimum Gasteiger partial charge on any atom is -0.444 e. The maximum absolute atomic E-state index is 13.2. The first kappa shape index (κ1) is 23.9. The summed E-state index contributed by atoms with van der Waals surface area (Å²) in [5.74, 6) is 0.798. The zero-order chi connectivity index (χ0) is 26.9. The first-order valence-corrected chi connectivity index (χ1v) is 13.1. The fraction of sp³-hybridized carbons (Fsp3) is 0.433. The number of nitrogens with zero attached hydrogens (tertiary/aromatic N) is 3. The molecule has 0 saturated carbocycles. The van der Waals surface area contributed by atoms with Crippen LogP contribution in [0.25, 0.3) is 22.3 Å². The third-order valence-electron chi connectivity index (χ3n) is 7.17. The number of likely N-dealkylation sites (tertiary alicyclic amines) is 1. The highest BCUT2D eigenvalue weighted by atomic mass is 16.6. The highest BCUT2D eigenvalue weighted by Gasteiger charge is 2.35. The minimum absolute atomic E-state index is 0.0464. The number of ether oxygens (including phenoxy) is 2. The molecule has 2 saturated heterocycles. The lowest BCUT2D eigenvalue weighted by Gasteiger charge is -2.32. The summed E-state index contributed by atoms with van der Waals surface area (Å²) in [6, 6.07) is 12.1. The molecule has 1 amide bonds. The van der Waals surface area contributed by atoms with Crippen molar-refractivity contribution in [2.75, 3.05) is 25.5 Å². The van der Waals surface area contributed by atoms with Gasteiger partial charge in [0.1, 0.15) is 11.4 Å². The van der Waals surface area contributed by atoms with Crippen molar-refractivity contribution < 1.29 is 15.6 Å². The van der Waals surface area contributed by atoms with E-state index in [1.54, 1.807) is 18.5 Å². The van der Waals surface area contributed by atoms with E-state index in [9.17, 15) is 4.79 Å². The molecule has 1 atom stereocenters. The molecule has 2 N–H and O–H groups in total. The molecule has 0 aliphatic carbocycles. The lowest BCUT2D eigenvalue weighted by molar-refractivity contribution is 0.0222. The molecule has 194 valence electrons. The number of amides is 1. The Labute approximate surface area is 220 Å². The van der Waals surface area contributed by atoms with Crippen LogP contribution in [-0.4, -0.2) is 46.3 Å². The Bertz CT molecular complexity index is 1320. The molecule has 37 heavy (non-hydrogen) atoms. The number of carbonyl (C=O) groups is 1. The van der Waals surface area contributed by atoms with Crippen molar-refractivity contribution in [1.82, 2.24) is 14.9 Å². The van der Waals surface area contributed by atoms with Gasteiger partial charge in [-0.3, -0.25) is 4.98 Å². The molecule has 5 rings (SSSR count). The molecule has 2 fully saturated rings. The molecule has 4 heterocycles. The third kappa shape index (κ3) is 5.62. The Kier molecular flexibility index (Phi) is 6.79. The second-order valence-corrected chi connectivity index (χ2v) is 10.9. The van der Waals surface area contributed by atoms with Crippen molar-refractivity contribution in [3.05, 3.63) is 66.1 Å². The van der Waals surface area contributed by atoms with Crippen LogP contribution in [-0.2, 0) is 9.47 Å². The van der Waals surface area contributed by atoms with Gasteiger partial charge in [-0.15, -0.1) is 0 Å². The number of pyridine rings is 2. The predicted octanol–water partition coefficient (Wildman–Crippen LogP) is 6.36. The Hall–Kier alpha value is -3.45. The van der Waals surface area contributed by atoms with Crippen LogP contribution in [0, 0.1) is 0 Å². The quantitative estimate of drug-likeness (QED) is 0.447. The van der Waals surface area contributed by atoms with Crippen molar-refractivity contribution in [3.63, 3.8) is 0 Å². The van der Waals surface area contributed by atoms with Gasteiger partial charge >= 0.3 is 6.09 Å². The Morgan fingerprint density at radius 2 is 1.89 bits per heavy atom.